The second-order valence-corrected chi connectivity index (χ2v) is 4.83. The number of piperidine rings is 1. The quantitative estimate of drug-likeness (QED) is 0.806. The van der Waals surface area contributed by atoms with Crippen molar-refractivity contribution in [3.63, 3.8) is 0 Å². The first-order valence-corrected chi connectivity index (χ1v) is 6.52. The number of anilines is 1. The van der Waals surface area contributed by atoms with Crippen molar-refractivity contribution in [1.82, 2.24) is 4.90 Å². The number of hydrogen-bond acceptors (Lipinski definition) is 4. The predicted octanol–water partition coefficient (Wildman–Crippen LogP) is 1.26. The number of likely N-dealkylation sites (tertiary alicyclic amines) is 1. The first kappa shape index (κ1) is 13.7. The van der Waals surface area contributed by atoms with Gasteiger partial charge in [-0.1, -0.05) is 0 Å². The molecule has 0 radical (unpaired) electrons. The summed E-state index contributed by atoms with van der Waals surface area (Å²) in [6, 6.07) is 4.92. The Kier molecular flexibility index (Phi) is 4.27. The highest BCUT2D eigenvalue weighted by Gasteiger charge is 2.27. The molecule has 5 heteroatoms. The molecule has 19 heavy (non-hydrogen) atoms. The number of ether oxygens (including phenoxy) is 1. The van der Waals surface area contributed by atoms with Crippen molar-refractivity contribution in [2.45, 2.75) is 25.3 Å². The third-order valence-electron chi connectivity index (χ3n) is 3.51. The smallest absolute Gasteiger partial charge is 0.254 e. The van der Waals surface area contributed by atoms with E-state index in [1.54, 1.807) is 30.2 Å². The van der Waals surface area contributed by atoms with E-state index in [1.807, 2.05) is 0 Å². The highest BCUT2D eigenvalue weighted by Crippen LogP contribution is 2.23. The summed E-state index contributed by atoms with van der Waals surface area (Å²) in [6.07, 6.45) is 2.87. The fourth-order valence-corrected chi connectivity index (χ4v) is 2.49. The van der Waals surface area contributed by atoms with Gasteiger partial charge in [0.1, 0.15) is 5.75 Å². The SMILES string of the molecule is COc1cc(N)cc(C(=O)N2CCCCC2CO)c1. The predicted molar refractivity (Wildman–Crippen MR) is 73.2 cm³/mol. The van der Waals surface area contributed by atoms with Crippen molar-refractivity contribution in [2.24, 2.45) is 0 Å². The lowest BCUT2D eigenvalue weighted by atomic mass is 10.0. The summed E-state index contributed by atoms with van der Waals surface area (Å²) >= 11 is 0. The maximum atomic E-state index is 12.5. The first-order valence-electron chi connectivity index (χ1n) is 6.52. The van der Waals surface area contributed by atoms with Crippen LogP contribution in [0.25, 0.3) is 0 Å². The first-order chi connectivity index (χ1) is 9.15. The molecule has 0 bridgehead atoms. The fourth-order valence-electron chi connectivity index (χ4n) is 2.49. The van der Waals surface area contributed by atoms with Gasteiger partial charge in [-0.05, 0) is 31.4 Å². The number of amides is 1. The lowest BCUT2D eigenvalue weighted by molar-refractivity contribution is 0.0503. The summed E-state index contributed by atoms with van der Waals surface area (Å²) in [6.45, 7) is 0.687. The topological polar surface area (TPSA) is 75.8 Å². The van der Waals surface area contributed by atoms with Crippen LogP contribution in [-0.2, 0) is 0 Å². The van der Waals surface area contributed by atoms with Gasteiger partial charge in [-0.25, -0.2) is 0 Å². The largest absolute Gasteiger partial charge is 0.497 e. The number of carbonyl (C=O) groups is 1. The van der Waals surface area contributed by atoms with Crippen LogP contribution in [0, 0.1) is 0 Å². The van der Waals surface area contributed by atoms with Crippen LogP contribution in [0.3, 0.4) is 0 Å². The minimum Gasteiger partial charge on any atom is -0.497 e. The van der Waals surface area contributed by atoms with Gasteiger partial charge in [-0.15, -0.1) is 0 Å². The molecule has 1 aliphatic rings. The molecular formula is C14H20N2O3. The van der Waals surface area contributed by atoms with Gasteiger partial charge in [0.2, 0.25) is 0 Å². The number of nitrogens with zero attached hydrogens (tertiary/aromatic N) is 1. The van der Waals surface area contributed by atoms with Crippen LogP contribution in [0.2, 0.25) is 0 Å². The molecule has 1 fully saturated rings. The molecule has 1 saturated heterocycles. The van der Waals surface area contributed by atoms with E-state index in [-0.39, 0.29) is 18.6 Å². The maximum absolute atomic E-state index is 12.5. The van der Waals surface area contributed by atoms with Crippen LogP contribution in [0.1, 0.15) is 29.6 Å². The molecule has 1 aliphatic heterocycles. The van der Waals surface area contributed by atoms with Crippen LogP contribution < -0.4 is 10.5 Å². The van der Waals surface area contributed by atoms with Gasteiger partial charge in [0, 0.05) is 23.9 Å². The summed E-state index contributed by atoms with van der Waals surface area (Å²) in [5, 5.41) is 9.37. The monoisotopic (exact) mass is 264 g/mol. The van der Waals surface area contributed by atoms with Crippen LogP contribution in [-0.4, -0.2) is 42.2 Å². The minimum absolute atomic E-state index is 0.00515. The average Bonchev–Trinajstić information content (AvgIpc) is 2.45. The molecule has 1 amide bonds. The van der Waals surface area contributed by atoms with Gasteiger partial charge in [0.15, 0.2) is 0 Å². The Hall–Kier alpha value is -1.75. The summed E-state index contributed by atoms with van der Waals surface area (Å²) in [5.41, 5.74) is 6.78. The van der Waals surface area contributed by atoms with E-state index < -0.39 is 0 Å². The van der Waals surface area contributed by atoms with Crippen molar-refractivity contribution in [2.75, 3.05) is 26.0 Å². The number of aliphatic hydroxyl groups excluding tert-OH is 1. The third kappa shape index (κ3) is 2.98. The van der Waals surface area contributed by atoms with Gasteiger partial charge in [-0.2, -0.15) is 0 Å². The molecule has 0 aromatic heterocycles. The average molecular weight is 264 g/mol. The van der Waals surface area contributed by atoms with E-state index in [0.717, 1.165) is 19.3 Å². The number of hydrogen-bond donors (Lipinski definition) is 2. The molecule has 3 N–H and O–H groups in total. The normalized spacial score (nSPS) is 19.3. The Balaban J connectivity index is 2.24. The molecule has 0 saturated carbocycles. The molecular weight excluding hydrogens is 244 g/mol. The molecule has 0 aliphatic carbocycles. The standard InChI is InChI=1S/C14H20N2O3/c1-19-13-7-10(6-11(15)8-13)14(18)16-5-3-2-4-12(16)9-17/h6-8,12,17H,2-5,9,15H2,1H3. The van der Waals surface area contributed by atoms with Gasteiger partial charge in [-0.3, -0.25) is 4.79 Å². The Morgan fingerprint density at radius 2 is 2.26 bits per heavy atom. The zero-order chi connectivity index (χ0) is 13.8. The highest BCUT2D eigenvalue weighted by atomic mass is 16.5. The lowest BCUT2D eigenvalue weighted by Gasteiger charge is -2.34. The van der Waals surface area contributed by atoms with E-state index >= 15 is 0 Å². The van der Waals surface area contributed by atoms with Gasteiger partial charge < -0.3 is 20.5 Å². The third-order valence-corrected chi connectivity index (χ3v) is 3.51. The van der Waals surface area contributed by atoms with Gasteiger partial charge >= 0.3 is 0 Å². The van der Waals surface area contributed by atoms with Crippen molar-refractivity contribution in [3.8, 4) is 5.75 Å². The van der Waals surface area contributed by atoms with E-state index in [1.165, 1.54) is 0 Å². The summed E-state index contributed by atoms with van der Waals surface area (Å²) in [5.74, 6) is 0.477. The molecule has 1 heterocycles. The van der Waals surface area contributed by atoms with Crippen LogP contribution >= 0.6 is 0 Å². The Morgan fingerprint density at radius 3 is 2.95 bits per heavy atom. The molecule has 1 unspecified atom stereocenters. The van der Waals surface area contributed by atoms with E-state index in [4.69, 9.17) is 10.5 Å². The summed E-state index contributed by atoms with van der Waals surface area (Å²) in [7, 11) is 1.54. The van der Waals surface area contributed by atoms with Gasteiger partial charge in [0.05, 0.1) is 19.8 Å². The number of rotatable bonds is 3. The number of nitrogen functional groups attached to an aromatic ring is 1. The highest BCUT2D eigenvalue weighted by molar-refractivity contribution is 5.95. The lowest BCUT2D eigenvalue weighted by Crippen LogP contribution is -2.45. The number of carbonyl (C=O) groups excluding carboxylic acids is 1. The van der Waals surface area contributed by atoms with E-state index in [9.17, 15) is 9.90 Å². The maximum Gasteiger partial charge on any atom is 0.254 e. The number of methoxy groups -OCH3 is 1. The zero-order valence-corrected chi connectivity index (χ0v) is 11.1. The van der Waals surface area contributed by atoms with Crippen molar-refractivity contribution >= 4 is 11.6 Å². The fraction of sp³-hybridized carbons (Fsp3) is 0.500. The van der Waals surface area contributed by atoms with Crippen LogP contribution in [0.4, 0.5) is 5.69 Å². The minimum atomic E-state index is -0.0932. The van der Waals surface area contributed by atoms with E-state index in [0.29, 0.717) is 23.5 Å². The summed E-state index contributed by atoms with van der Waals surface area (Å²) in [4.78, 5) is 14.2. The Labute approximate surface area is 113 Å². The van der Waals surface area contributed by atoms with Crippen molar-refractivity contribution in [3.05, 3.63) is 23.8 Å². The number of benzene rings is 1. The molecule has 1 aromatic carbocycles. The van der Waals surface area contributed by atoms with Crippen LogP contribution in [0.15, 0.2) is 18.2 Å². The molecule has 1 aromatic rings. The molecule has 2 rings (SSSR count). The van der Waals surface area contributed by atoms with Crippen molar-refractivity contribution < 1.29 is 14.6 Å². The molecule has 104 valence electrons. The Morgan fingerprint density at radius 1 is 1.47 bits per heavy atom. The number of nitrogens with two attached hydrogens (primary N) is 1. The second-order valence-electron chi connectivity index (χ2n) is 4.83. The molecule has 1 atom stereocenters. The zero-order valence-electron chi connectivity index (χ0n) is 11.1. The number of aliphatic hydroxyl groups is 1. The van der Waals surface area contributed by atoms with Crippen LogP contribution in [0.5, 0.6) is 5.75 Å². The second kappa shape index (κ2) is 5.93. The van der Waals surface area contributed by atoms with Gasteiger partial charge in [0.25, 0.3) is 5.91 Å². The molecule has 0 spiro atoms. The van der Waals surface area contributed by atoms with Crippen molar-refractivity contribution in [1.29, 1.82) is 0 Å². The van der Waals surface area contributed by atoms with E-state index in [2.05, 4.69) is 0 Å². The molecule has 5 nitrogen and oxygen atoms in total. The Bertz CT molecular complexity index is 462. The summed E-state index contributed by atoms with van der Waals surface area (Å²) < 4.78 is 5.13.